The Hall–Kier alpha value is -2.48. The zero-order chi connectivity index (χ0) is 16.3. The molecule has 8 heteroatoms. The summed E-state index contributed by atoms with van der Waals surface area (Å²) in [5.74, 6) is -0.294. The van der Waals surface area contributed by atoms with Gasteiger partial charge in [-0.1, -0.05) is 6.07 Å². The molecule has 6 nitrogen and oxygen atoms in total. The molecule has 0 saturated heterocycles. The van der Waals surface area contributed by atoms with Gasteiger partial charge in [0.05, 0.1) is 24.7 Å². The Morgan fingerprint density at radius 3 is 2.50 bits per heavy atom. The van der Waals surface area contributed by atoms with Crippen LogP contribution in [0.4, 0.5) is 15.8 Å². The van der Waals surface area contributed by atoms with E-state index in [0.29, 0.717) is 0 Å². The van der Waals surface area contributed by atoms with Crippen LogP contribution >= 0.6 is 0 Å². The summed E-state index contributed by atoms with van der Waals surface area (Å²) in [5.41, 5.74) is 6.24. The summed E-state index contributed by atoms with van der Waals surface area (Å²) in [7, 11) is -2.02. The topological polar surface area (TPSA) is 90.6 Å². The Bertz CT molecular complexity index is 793. The van der Waals surface area contributed by atoms with Crippen LogP contribution in [0.15, 0.2) is 36.4 Å². The molecule has 0 radical (unpaired) electrons. The molecule has 2 rings (SSSR count). The van der Waals surface area contributed by atoms with Gasteiger partial charge in [-0.3, -0.25) is 4.72 Å². The number of hydrogen-bond donors (Lipinski definition) is 2. The lowest BCUT2D eigenvalue weighted by molar-refractivity contribution is 0.365. The van der Waals surface area contributed by atoms with Gasteiger partial charge in [0.1, 0.15) is 0 Å². The molecule has 2 aromatic rings. The van der Waals surface area contributed by atoms with Crippen molar-refractivity contribution in [2.24, 2.45) is 0 Å². The molecular weight excluding hydrogens is 311 g/mol. The van der Waals surface area contributed by atoms with E-state index in [-0.39, 0.29) is 28.6 Å². The van der Waals surface area contributed by atoms with E-state index in [1.54, 1.807) is 6.07 Å². The Morgan fingerprint density at radius 1 is 1.18 bits per heavy atom. The van der Waals surface area contributed by atoms with Gasteiger partial charge in [0.15, 0.2) is 17.3 Å². The fourth-order valence-corrected chi connectivity index (χ4v) is 2.33. The van der Waals surface area contributed by atoms with Gasteiger partial charge in [-0.2, -0.15) is 0 Å². The van der Waals surface area contributed by atoms with Crippen molar-refractivity contribution in [1.29, 1.82) is 0 Å². The summed E-state index contributed by atoms with van der Waals surface area (Å²) in [6.45, 7) is 0. The predicted molar refractivity (Wildman–Crippen MR) is 82.3 cm³/mol. The molecule has 0 saturated carbocycles. The van der Waals surface area contributed by atoms with Crippen LogP contribution in [-0.2, 0) is 10.0 Å². The van der Waals surface area contributed by atoms with Gasteiger partial charge in [-0.05, 0) is 30.3 Å². The first-order chi connectivity index (χ1) is 10.3. The van der Waals surface area contributed by atoms with Crippen LogP contribution in [-0.4, -0.2) is 21.8 Å². The maximum Gasteiger partial charge on any atom is 0.229 e. The van der Waals surface area contributed by atoms with Crippen molar-refractivity contribution in [3.05, 3.63) is 42.2 Å². The molecule has 0 fully saturated rings. The van der Waals surface area contributed by atoms with Gasteiger partial charge in [0.2, 0.25) is 15.8 Å². The number of nitrogens with two attached hydrogens (primary N) is 1. The van der Waals surface area contributed by atoms with Gasteiger partial charge >= 0.3 is 0 Å². The van der Waals surface area contributed by atoms with E-state index in [1.807, 2.05) is 0 Å². The molecule has 0 atom stereocenters. The van der Waals surface area contributed by atoms with Gasteiger partial charge in [0, 0.05) is 0 Å². The number of hydrogen-bond acceptors (Lipinski definition) is 5. The molecule has 0 unspecified atom stereocenters. The van der Waals surface area contributed by atoms with E-state index < -0.39 is 15.8 Å². The third-order valence-corrected chi connectivity index (χ3v) is 3.28. The lowest BCUT2D eigenvalue weighted by Gasteiger charge is -2.13. The van der Waals surface area contributed by atoms with Crippen molar-refractivity contribution < 1.29 is 22.3 Å². The number of para-hydroxylation sites is 1. The minimum Gasteiger partial charge on any atom is -0.493 e. The summed E-state index contributed by atoms with van der Waals surface area (Å²) >= 11 is 0. The van der Waals surface area contributed by atoms with Crippen molar-refractivity contribution in [2.45, 2.75) is 0 Å². The summed E-state index contributed by atoms with van der Waals surface area (Å²) < 4.78 is 48.9. The highest BCUT2D eigenvalue weighted by atomic mass is 32.2. The Labute approximate surface area is 127 Å². The highest BCUT2D eigenvalue weighted by molar-refractivity contribution is 7.92. The number of anilines is 2. The molecule has 0 heterocycles. The van der Waals surface area contributed by atoms with Crippen molar-refractivity contribution in [1.82, 2.24) is 0 Å². The highest BCUT2D eigenvalue weighted by Gasteiger charge is 2.14. The SMILES string of the molecule is COc1cccc(F)c1Oc1ccc(NS(C)(=O)=O)cc1N. The lowest BCUT2D eigenvalue weighted by atomic mass is 10.2. The molecule has 3 N–H and O–H groups in total. The van der Waals surface area contributed by atoms with Crippen LogP contribution < -0.4 is 19.9 Å². The van der Waals surface area contributed by atoms with Gasteiger partial charge < -0.3 is 15.2 Å². The van der Waals surface area contributed by atoms with E-state index in [9.17, 15) is 12.8 Å². The van der Waals surface area contributed by atoms with E-state index in [0.717, 1.165) is 6.26 Å². The Balaban J connectivity index is 2.32. The highest BCUT2D eigenvalue weighted by Crippen LogP contribution is 2.37. The number of ether oxygens (including phenoxy) is 2. The van der Waals surface area contributed by atoms with E-state index in [2.05, 4.69) is 4.72 Å². The maximum absolute atomic E-state index is 13.8. The molecule has 0 aliphatic rings. The molecule has 0 aliphatic heterocycles. The van der Waals surface area contributed by atoms with E-state index >= 15 is 0 Å². The number of nitrogens with one attached hydrogen (secondary N) is 1. The number of sulfonamides is 1. The molecule has 0 aliphatic carbocycles. The van der Waals surface area contributed by atoms with Crippen molar-refractivity contribution >= 4 is 21.4 Å². The van der Waals surface area contributed by atoms with Gasteiger partial charge in [-0.15, -0.1) is 0 Å². The largest absolute Gasteiger partial charge is 0.493 e. The number of rotatable bonds is 5. The Kier molecular flexibility index (Phi) is 4.41. The summed E-state index contributed by atoms with van der Waals surface area (Å²) in [6, 6.07) is 8.55. The summed E-state index contributed by atoms with van der Waals surface area (Å²) in [6.07, 6.45) is 1.03. The molecule has 22 heavy (non-hydrogen) atoms. The normalized spacial score (nSPS) is 11.0. The van der Waals surface area contributed by atoms with Crippen LogP contribution in [0.2, 0.25) is 0 Å². The zero-order valence-electron chi connectivity index (χ0n) is 12.0. The fourth-order valence-electron chi connectivity index (χ4n) is 1.78. The number of methoxy groups -OCH3 is 1. The van der Waals surface area contributed by atoms with Crippen LogP contribution in [0.5, 0.6) is 17.2 Å². The standard InChI is InChI=1S/C14H15FN2O4S/c1-20-13-5-3-4-10(15)14(13)21-12-7-6-9(8-11(12)16)17-22(2,18)19/h3-8,17H,16H2,1-2H3. The molecule has 0 aromatic heterocycles. The molecule has 118 valence electrons. The van der Waals surface area contributed by atoms with Gasteiger partial charge in [-0.25, -0.2) is 12.8 Å². The van der Waals surface area contributed by atoms with Crippen molar-refractivity contribution in [2.75, 3.05) is 23.8 Å². The first-order valence-corrected chi connectivity index (χ1v) is 8.07. The van der Waals surface area contributed by atoms with Crippen LogP contribution in [0.3, 0.4) is 0 Å². The quantitative estimate of drug-likeness (QED) is 0.824. The average Bonchev–Trinajstić information content (AvgIpc) is 2.41. The monoisotopic (exact) mass is 326 g/mol. The predicted octanol–water partition coefficient (Wildman–Crippen LogP) is 2.58. The number of halogens is 1. The van der Waals surface area contributed by atoms with E-state index in [4.69, 9.17) is 15.2 Å². The second-order valence-corrected chi connectivity index (χ2v) is 6.25. The van der Waals surface area contributed by atoms with Crippen molar-refractivity contribution in [3.8, 4) is 17.2 Å². The van der Waals surface area contributed by atoms with Crippen molar-refractivity contribution in [3.63, 3.8) is 0 Å². The molecule has 0 amide bonds. The first-order valence-electron chi connectivity index (χ1n) is 6.18. The maximum atomic E-state index is 13.8. The Morgan fingerprint density at radius 2 is 1.91 bits per heavy atom. The molecule has 0 spiro atoms. The fraction of sp³-hybridized carbons (Fsp3) is 0.143. The third kappa shape index (κ3) is 3.79. The third-order valence-electron chi connectivity index (χ3n) is 2.68. The van der Waals surface area contributed by atoms with Crippen LogP contribution in [0.25, 0.3) is 0 Å². The molecule has 2 aromatic carbocycles. The van der Waals surface area contributed by atoms with Gasteiger partial charge in [0.25, 0.3) is 0 Å². The smallest absolute Gasteiger partial charge is 0.229 e. The minimum atomic E-state index is -3.41. The van der Waals surface area contributed by atoms with E-state index in [1.165, 1.54) is 37.4 Å². The second kappa shape index (κ2) is 6.10. The zero-order valence-corrected chi connectivity index (χ0v) is 12.8. The average molecular weight is 326 g/mol. The second-order valence-electron chi connectivity index (χ2n) is 4.50. The number of nitrogen functional groups attached to an aromatic ring is 1. The molecular formula is C14H15FN2O4S. The minimum absolute atomic E-state index is 0.0967. The lowest BCUT2D eigenvalue weighted by Crippen LogP contribution is -2.09. The van der Waals surface area contributed by atoms with Crippen LogP contribution in [0.1, 0.15) is 0 Å². The summed E-state index contributed by atoms with van der Waals surface area (Å²) in [4.78, 5) is 0. The van der Waals surface area contributed by atoms with Crippen LogP contribution in [0, 0.1) is 5.82 Å². The summed E-state index contributed by atoms with van der Waals surface area (Å²) in [5, 5.41) is 0. The molecule has 0 bridgehead atoms. The number of benzene rings is 2. The first kappa shape index (κ1) is 15.9.